The number of hydrogen-bond donors (Lipinski definition) is 0. The smallest absolute Gasteiger partial charge is 0.145 e. The average molecular weight is 532 g/mol. The third-order valence-corrected chi connectivity index (χ3v) is 6.99. The summed E-state index contributed by atoms with van der Waals surface area (Å²) in [4.78, 5) is 23.8. The van der Waals surface area contributed by atoms with Crippen molar-refractivity contribution in [1.82, 2.24) is 0 Å². The topological polar surface area (TPSA) is 43.4 Å². The molecule has 0 amide bonds. The Bertz CT molecular complexity index is 705. The zero-order valence-corrected chi connectivity index (χ0v) is 19.5. The summed E-state index contributed by atoms with van der Waals surface area (Å²) >= 11 is 9.17. The van der Waals surface area contributed by atoms with Gasteiger partial charge >= 0.3 is 0 Å². The van der Waals surface area contributed by atoms with Crippen LogP contribution in [0.5, 0.6) is 0 Å². The fraction of sp³-hybridized carbons (Fsp3) is 0.300. The van der Waals surface area contributed by atoms with Crippen molar-refractivity contribution in [3.05, 3.63) is 68.6 Å². The van der Waals surface area contributed by atoms with Gasteiger partial charge in [0, 0.05) is 45.9 Å². The molecule has 0 heterocycles. The highest BCUT2D eigenvalue weighted by atomic mass is 79.9. The van der Waals surface area contributed by atoms with Crippen molar-refractivity contribution in [3.8, 4) is 0 Å². The van der Waals surface area contributed by atoms with Gasteiger partial charge in [0.1, 0.15) is 11.6 Å². The molecule has 0 fully saturated rings. The Hall–Kier alpha value is -0.600. The Labute approximate surface area is 185 Å². The zero-order valence-electron chi connectivity index (χ0n) is 14.7. The lowest BCUT2D eigenvalue weighted by Crippen LogP contribution is -2.05. The average Bonchev–Trinajstić information content (AvgIpc) is 2.66. The van der Waals surface area contributed by atoms with Gasteiger partial charge in [0.05, 0.1) is 11.5 Å². The summed E-state index contributed by atoms with van der Waals surface area (Å²) in [5.74, 6) is 0.860. The molecule has 2 aromatic rings. The van der Waals surface area contributed by atoms with E-state index in [0.717, 1.165) is 44.2 Å². The summed E-state index contributed by atoms with van der Waals surface area (Å²) in [6.07, 6.45) is 2.38. The van der Waals surface area contributed by atoms with E-state index in [2.05, 4.69) is 31.9 Å². The predicted molar refractivity (Wildman–Crippen MR) is 121 cm³/mol. The molecule has 2 rings (SSSR count). The maximum absolute atomic E-state index is 11.9. The molecular formula is C20H20Br2O3S2. The third-order valence-electron chi connectivity index (χ3n) is 3.80. The molecule has 0 bridgehead atoms. The lowest BCUT2D eigenvalue weighted by molar-refractivity contribution is -0.117. The van der Waals surface area contributed by atoms with Crippen molar-refractivity contribution in [2.24, 2.45) is 0 Å². The summed E-state index contributed by atoms with van der Waals surface area (Å²) in [6, 6.07) is 15.8. The number of carbonyl (C=O) groups is 2. The summed E-state index contributed by atoms with van der Waals surface area (Å²) in [6.45, 7) is 0. The van der Waals surface area contributed by atoms with Crippen molar-refractivity contribution < 1.29 is 13.2 Å². The molecule has 0 unspecified atom stereocenters. The molecule has 0 spiro atoms. The minimum atomic E-state index is 0.136. The molecule has 0 radical (unpaired) electrons. The first kappa shape index (κ1) is 22.7. The highest BCUT2D eigenvalue weighted by Gasteiger charge is 2.08. The highest BCUT2D eigenvalue weighted by Crippen LogP contribution is 2.21. The molecule has 0 aromatic heterocycles. The van der Waals surface area contributed by atoms with Crippen molar-refractivity contribution in [2.75, 3.05) is 11.5 Å². The Kier molecular flexibility index (Phi) is 10.7. The van der Waals surface area contributed by atoms with E-state index in [-0.39, 0.29) is 11.6 Å². The van der Waals surface area contributed by atoms with Crippen LogP contribution in [0.3, 0.4) is 0 Å². The van der Waals surface area contributed by atoms with Gasteiger partial charge in [0.25, 0.3) is 0 Å². The van der Waals surface area contributed by atoms with Crippen LogP contribution in [0, 0.1) is 0 Å². The van der Waals surface area contributed by atoms with Crippen molar-refractivity contribution >= 4 is 67.5 Å². The zero-order chi connectivity index (χ0) is 19.5. The van der Waals surface area contributed by atoms with Crippen LogP contribution in [0.25, 0.3) is 0 Å². The van der Waals surface area contributed by atoms with E-state index >= 15 is 0 Å². The third kappa shape index (κ3) is 8.96. The Morgan fingerprint density at radius 1 is 0.741 bits per heavy atom. The van der Waals surface area contributed by atoms with Crippen LogP contribution >= 0.6 is 55.9 Å². The Balaban J connectivity index is 1.53. The lowest BCUT2D eigenvalue weighted by Gasteiger charge is -2.05. The van der Waals surface area contributed by atoms with E-state index in [0.29, 0.717) is 37.2 Å². The molecule has 144 valence electrons. The summed E-state index contributed by atoms with van der Waals surface area (Å²) in [7, 11) is 0. The van der Waals surface area contributed by atoms with Gasteiger partial charge in [-0.1, -0.05) is 68.3 Å². The van der Waals surface area contributed by atoms with E-state index in [1.807, 2.05) is 48.5 Å². The summed E-state index contributed by atoms with van der Waals surface area (Å²) in [5.41, 5.74) is 2.25. The van der Waals surface area contributed by atoms with Crippen LogP contribution in [0.4, 0.5) is 0 Å². The number of carbonyl (C=O) groups excluding carboxylic acids is 2. The Morgan fingerprint density at radius 3 is 1.56 bits per heavy atom. The van der Waals surface area contributed by atoms with Gasteiger partial charge in [-0.25, -0.2) is 3.63 Å². The number of hydrogen-bond acceptors (Lipinski definition) is 5. The van der Waals surface area contributed by atoms with Gasteiger partial charge in [-0.3, -0.25) is 9.59 Å². The lowest BCUT2D eigenvalue weighted by atomic mass is 10.1. The quantitative estimate of drug-likeness (QED) is 0.240. The molecule has 0 saturated heterocycles. The van der Waals surface area contributed by atoms with Crippen molar-refractivity contribution in [1.29, 1.82) is 0 Å². The van der Waals surface area contributed by atoms with Crippen molar-refractivity contribution in [3.63, 3.8) is 0 Å². The first-order valence-corrected chi connectivity index (χ1v) is 11.9. The second-order valence-electron chi connectivity index (χ2n) is 5.85. The van der Waals surface area contributed by atoms with Gasteiger partial charge in [-0.2, -0.15) is 0 Å². The normalized spacial score (nSPS) is 10.7. The molecule has 0 N–H and O–H groups in total. The van der Waals surface area contributed by atoms with E-state index in [1.165, 1.54) is 0 Å². The maximum atomic E-state index is 11.9. The van der Waals surface area contributed by atoms with Crippen LogP contribution in [0.1, 0.15) is 24.0 Å². The molecule has 0 aliphatic heterocycles. The van der Waals surface area contributed by atoms with Gasteiger partial charge < -0.3 is 0 Å². The van der Waals surface area contributed by atoms with E-state index in [1.54, 1.807) is 0 Å². The molecule has 0 atom stereocenters. The molecule has 3 nitrogen and oxygen atoms in total. The van der Waals surface area contributed by atoms with Crippen LogP contribution in [-0.2, 0) is 26.1 Å². The number of ketones is 2. The van der Waals surface area contributed by atoms with E-state index in [4.69, 9.17) is 3.63 Å². The second-order valence-corrected chi connectivity index (χ2v) is 9.15. The van der Waals surface area contributed by atoms with E-state index < -0.39 is 0 Å². The number of halogens is 2. The second kappa shape index (κ2) is 12.8. The fourth-order valence-electron chi connectivity index (χ4n) is 2.31. The molecule has 0 aliphatic carbocycles. The van der Waals surface area contributed by atoms with Crippen molar-refractivity contribution in [2.45, 2.75) is 25.7 Å². The maximum Gasteiger partial charge on any atom is 0.145 e. The number of aryl methyl sites for hydroxylation is 2. The predicted octanol–water partition coefficient (Wildman–Crippen LogP) is 6.23. The summed E-state index contributed by atoms with van der Waals surface area (Å²) in [5, 5.41) is 0. The van der Waals surface area contributed by atoms with Crippen LogP contribution in [0.15, 0.2) is 57.5 Å². The molecular weight excluding hydrogens is 512 g/mol. The monoisotopic (exact) mass is 530 g/mol. The molecule has 0 saturated carbocycles. The number of rotatable bonds is 12. The van der Waals surface area contributed by atoms with Crippen LogP contribution < -0.4 is 0 Å². The number of Topliss-reactive ketones (excluding diaryl/α,β-unsaturated/α-hetero) is 2. The van der Waals surface area contributed by atoms with E-state index in [9.17, 15) is 9.59 Å². The first-order chi connectivity index (χ1) is 13.1. The minimum absolute atomic E-state index is 0.136. The SMILES string of the molecule is O=C(CCc1ccccc1Br)CSOSCC(=O)CCc1ccccc1Br. The molecule has 0 aliphatic rings. The van der Waals surface area contributed by atoms with Gasteiger partial charge in [-0.05, 0) is 36.1 Å². The standard InChI is InChI=1S/C20H20Br2O3S2/c21-19-7-3-1-5-15(19)9-11-17(23)13-26-25-27-14-18(24)12-10-16-6-2-4-8-20(16)22/h1-8H,9-14H2. The van der Waals surface area contributed by atoms with Gasteiger partial charge in [-0.15, -0.1) is 0 Å². The summed E-state index contributed by atoms with van der Waals surface area (Å²) < 4.78 is 7.35. The van der Waals surface area contributed by atoms with Gasteiger partial charge in [0.15, 0.2) is 0 Å². The molecule has 7 heteroatoms. The molecule has 2 aromatic carbocycles. The number of benzene rings is 2. The largest absolute Gasteiger partial charge is 0.299 e. The highest BCUT2D eigenvalue weighted by molar-refractivity contribution is 9.10. The first-order valence-electron chi connectivity index (χ1n) is 8.47. The fourth-order valence-corrected chi connectivity index (χ4v) is 4.48. The van der Waals surface area contributed by atoms with Crippen LogP contribution in [-0.4, -0.2) is 23.1 Å². The Morgan fingerprint density at radius 2 is 1.15 bits per heavy atom. The minimum Gasteiger partial charge on any atom is -0.299 e. The molecule has 27 heavy (non-hydrogen) atoms. The van der Waals surface area contributed by atoms with Gasteiger partial charge in [0.2, 0.25) is 0 Å². The van der Waals surface area contributed by atoms with Crippen LogP contribution in [0.2, 0.25) is 0 Å².